The number of anilines is 2. The summed E-state index contributed by atoms with van der Waals surface area (Å²) in [7, 11) is 1.96. The summed E-state index contributed by atoms with van der Waals surface area (Å²) in [5.74, 6) is 0.918. The van der Waals surface area contributed by atoms with Gasteiger partial charge in [0.05, 0.1) is 18.0 Å². The molecule has 2 rings (SSSR count). The Balaban J connectivity index is 2.62. The van der Waals surface area contributed by atoms with E-state index in [0.717, 1.165) is 22.6 Å². The van der Waals surface area contributed by atoms with Crippen molar-refractivity contribution in [3.63, 3.8) is 0 Å². The highest BCUT2D eigenvalue weighted by Crippen LogP contribution is 2.32. The highest BCUT2D eigenvalue weighted by Gasteiger charge is 2.14. The van der Waals surface area contributed by atoms with Gasteiger partial charge in [0, 0.05) is 30.4 Å². The Morgan fingerprint density at radius 1 is 1.25 bits per heavy atom. The SMILES string of the molecule is Cc1nc(N(C)CCO)c2ccccc2c1NC(C)C. The molecular formula is C16H23N3O. The molecule has 0 saturated carbocycles. The van der Waals surface area contributed by atoms with Gasteiger partial charge in [-0.05, 0) is 20.8 Å². The van der Waals surface area contributed by atoms with Crippen molar-refractivity contribution in [3.8, 4) is 0 Å². The molecular weight excluding hydrogens is 250 g/mol. The molecule has 1 aromatic heterocycles. The first-order valence-corrected chi connectivity index (χ1v) is 7.02. The quantitative estimate of drug-likeness (QED) is 0.879. The molecule has 1 heterocycles. The molecule has 0 amide bonds. The molecule has 0 aliphatic carbocycles. The maximum absolute atomic E-state index is 9.13. The van der Waals surface area contributed by atoms with Crippen LogP contribution in [0.5, 0.6) is 0 Å². The van der Waals surface area contributed by atoms with Gasteiger partial charge in [0.15, 0.2) is 0 Å². The lowest BCUT2D eigenvalue weighted by Crippen LogP contribution is -2.23. The van der Waals surface area contributed by atoms with Crippen LogP contribution in [0.2, 0.25) is 0 Å². The Kier molecular flexibility index (Phi) is 4.45. The Hall–Kier alpha value is -1.81. The maximum Gasteiger partial charge on any atom is 0.136 e. The fourth-order valence-electron chi connectivity index (χ4n) is 2.38. The number of fused-ring (bicyclic) bond motifs is 1. The predicted molar refractivity (Wildman–Crippen MR) is 85.6 cm³/mol. The fourth-order valence-corrected chi connectivity index (χ4v) is 2.38. The number of rotatable bonds is 5. The molecule has 1 aromatic carbocycles. The molecule has 0 bridgehead atoms. The summed E-state index contributed by atoms with van der Waals surface area (Å²) in [6, 6.07) is 8.62. The van der Waals surface area contributed by atoms with Gasteiger partial charge in [0.2, 0.25) is 0 Å². The van der Waals surface area contributed by atoms with Gasteiger partial charge in [0.1, 0.15) is 5.82 Å². The van der Waals surface area contributed by atoms with Gasteiger partial charge in [-0.2, -0.15) is 0 Å². The zero-order chi connectivity index (χ0) is 14.7. The van der Waals surface area contributed by atoms with E-state index in [-0.39, 0.29) is 6.61 Å². The van der Waals surface area contributed by atoms with E-state index in [2.05, 4.69) is 31.3 Å². The fraction of sp³-hybridized carbons (Fsp3) is 0.438. The number of aromatic nitrogens is 1. The Morgan fingerprint density at radius 2 is 1.90 bits per heavy atom. The largest absolute Gasteiger partial charge is 0.395 e. The topological polar surface area (TPSA) is 48.4 Å². The molecule has 0 saturated heterocycles. The van der Waals surface area contributed by atoms with Crippen LogP contribution < -0.4 is 10.2 Å². The van der Waals surface area contributed by atoms with Gasteiger partial charge in [-0.15, -0.1) is 0 Å². The molecule has 0 atom stereocenters. The lowest BCUT2D eigenvalue weighted by molar-refractivity contribution is 0.304. The number of aryl methyl sites for hydroxylation is 1. The number of aliphatic hydroxyl groups is 1. The Morgan fingerprint density at radius 3 is 2.50 bits per heavy atom. The zero-order valence-corrected chi connectivity index (χ0v) is 12.6. The molecule has 0 radical (unpaired) electrons. The van der Waals surface area contributed by atoms with Crippen LogP contribution in [0.1, 0.15) is 19.5 Å². The lowest BCUT2D eigenvalue weighted by atomic mass is 10.1. The number of aliphatic hydroxyl groups excluding tert-OH is 1. The molecule has 4 heteroatoms. The van der Waals surface area contributed by atoms with E-state index in [1.54, 1.807) is 0 Å². The van der Waals surface area contributed by atoms with Crippen molar-refractivity contribution in [2.24, 2.45) is 0 Å². The van der Waals surface area contributed by atoms with Gasteiger partial charge in [0.25, 0.3) is 0 Å². The van der Waals surface area contributed by atoms with Crippen LogP contribution in [0.4, 0.5) is 11.5 Å². The van der Waals surface area contributed by atoms with Crippen molar-refractivity contribution in [1.29, 1.82) is 0 Å². The normalized spacial score (nSPS) is 11.1. The van der Waals surface area contributed by atoms with Crippen molar-refractivity contribution in [2.75, 3.05) is 30.4 Å². The number of likely N-dealkylation sites (N-methyl/N-ethyl adjacent to an activating group) is 1. The van der Waals surface area contributed by atoms with Crippen LogP contribution >= 0.6 is 0 Å². The van der Waals surface area contributed by atoms with Gasteiger partial charge < -0.3 is 15.3 Å². The maximum atomic E-state index is 9.13. The average molecular weight is 273 g/mol. The van der Waals surface area contributed by atoms with E-state index in [0.29, 0.717) is 12.6 Å². The minimum absolute atomic E-state index is 0.123. The third kappa shape index (κ3) is 2.85. The molecule has 108 valence electrons. The molecule has 2 N–H and O–H groups in total. The number of nitrogens with one attached hydrogen (secondary N) is 1. The minimum atomic E-state index is 0.123. The third-order valence-corrected chi connectivity index (χ3v) is 3.30. The summed E-state index contributed by atoms with van der Waals surface area (Å²) in [6.07, 6.45) is 0. The van der Waals surface area contributed by atoms with Crippen molar-refractivity contribution in [3.05, 3.63) is 30.0 Å². The lowest BCUT2D eigenvalue weighted by Gasteiger charge is -2.22. The first-order valence-electron chi connectivity index (χ1n) is 7.02. The average Bonchev–Trinajstić information content (AvgIpc) is 2.41. The second-order valence-corrected chi connectivity index (χ2v) is 5.39. The zero-order valence-electron chi connectivity index (χ0n) is 12.6. The van der Waals surface area contributed by atoms with E-state index in [4.69, 9.17) is 10.1 Å². The van der Waals surface area contributed by atoms with E-state index in [1.165, 1.54) is 5.39 Å². The van der Waals surface area contributed by atoms with Crippen molar-refractivity contribution >= 4 is 22.3 Å². The van der Waals surface area contributed by atoms with Gasteiger partial charge in [-0.25, -0.2) is 4.98 Å². The number of pyridine rings is 1. The summed E-state index contributed by atoms with van der Waals surface area (Å²) in [4.78, 5) is 6.72. The first-order chi connectivity index (χ1) is 9.54. The minimum Gasteiger partial charge on any atom is -0.395 e. The number of nitrogens with zero attached hydrogens (tertiary/aromatic N) is 2. The van der Waals surface area contributed by atoms with E-state index in [1.807, 2.05) is 31.0 Å². The summed E-state index contributed by atoms with van der Waals surface area (Å²) < 4.78 is 0. The van der Waals surface area contributed by atoms with Crippen LogP contribution in [-0.4, -0.2) is 36.3 Å². The number of hydrogen-bond acceptors (Lipinski definition) is 4. The summed E-state index contributed by atoms with van der Waals surface area (Å²) in [5, 5.41) is 14.9. The van der Waals surface area contributed by atoms with Gasteiger partial charge in [-0.3, -0.25) is 0 Å². The molecule has 0 spiro atoms. The molecule has 0 fully saturated rings. The van der Waals surface area contributed by atoms with Crippen molar-refractivity contribution < 1.29 is 5.11 Å². The van der Waals surface area contributed by atoms with E-state index < -0.39 is 0 Å². The van der Waals surface area contributed by atoms with Crippen molar-refractivity contribution in [2.45, 2.75) is 26.8 Å². The standard InChI is InChI=1S/C16H23N3O/c1-11(2)17-15-12(3)18-16(19(4)9-10-20)14-8-6-5-7-13(14)15/h5-8,11,17,20H,9-10H2,1-4H3. The molecule has 0 unspecified atom stereocenters. The van der Waals surface area contributed by atoms with Crippen LogP contribution in [-0.2, 0) is 0 Å². The third-order valence-electron chi connectivity index (χ3n) is 3.30. The van der Waals surface area contributed by atoms with Crippen LogP contribution in [0, 0.1) is 6.92 Å². The van der Waals surface area contributed by atoms with Crippen LogP contribution in [0.3, 0.4) is 0 Å². The highest BCUT2D eigenvalue weighted by atomic mass is 16.3. The van der Waals surface area contributed by atoms with Crippen molar-refractivity contribution in [1.82, 2.24) is 4.98 Å². The molecule has 2 aromatic rings. The monoisotopic (exact) mass is 273 g/mol. The summed E-state index contributed by atoms with van der Waals surface area (Å²) in [6.45, 7) is 6.97. The first kappa shape index (κ1) is 14.6. The number of benzene rings is 1. The van der Waals surface area contributed by atoms with Gasteiger partial charge >= 0.3 is 0 Å². The Labute approximate surface area is 120 Å². The van der Waals surface area contributed by atoms with Gasteiger partial charge in [-0.1, -0.05) is 24.3 Å². The van der Waals surface area contributed by atoms with Crippen LogP contribution in [0.15, 0.2) is 24.3 Å². The summed E-state index contributed by atoms with van der Waals surface area (Å²) >= 11 is 0. The summed E-state index contributed by atoms with van der Waals surface area (Å²) in [5.41, 5.74) is 2.08. The molecule has 20 heavy (non-hydrogen) atoms. The van der Waals surface area contributed by atoms with Crippen LogP contribution in [0.25, 0.3) is 10.8 Å². The van der Waals surface area contributed by atoms with E-state index in [9.17, 15) is 0 Å². The Bertz CT molecular complexity index is 596. The second-order valence-electron chi connectivity index (χ2n) is 5.39. The smallest absolute Gasteiger partial charge is 0.136 e. The molecule has 0 aliphatic heterocycles. The highest BCUT2D eigenvalue weighted by molar-refractivity contribution is 6.01. The molecule has 4 nitrogen and oxygen atoms in total. The van der Waals surface area contributed by atoms with E-state index >= 15 is 0 Å². The predicted octanol–water partition coefficient (Wildman–Crippen LogP) is 2.79. The second kappa shape index (κ2) is 6.09. The number of hydrogen-bond donors (Lipinski definition) is 2. The molecule has 0 aliphatic rings.